The molecule has 2 saturated heterocycles. The van der Waals surface area contributed by atoms with E-state index in [0.717, 1.165) is 99.3 Å². The van der Waals surface area contributed by atoms with Crippen molar-refractivity contribution in [3.8, 4) is 11.1 Å². The van der Waals surface area contributed by atoms with Crippen LogP contribution in [0.25, 0.3) is 11.1 Å². The third kappa shape index (κ3) is 18.3. The Morgan fingerprint density at radius 2 is 0.830 bits per heavy atom. The first-order valence-electron chi connectivity index (χ1n) is 31.9. The Labute approximate surface area is 517 Å². The fourth-order valence-corrected chi connectivity index (χ4v) is 12.8. The van der Waals surface area contributed by atoms with Crippen LogP contribution in [-0.4, -0.2) is 170 Å². The Kier molecular flexibility index (Phi) is 24.6. The summed E-state index contributed by atoms with van der Waals surface area (Å²) in [4.78, 5) is 118. The molecule has 4 aliphatic rings. The second-order valence-electron chi connectivity index (χ2n) is 24.4. The number of benzene rings is 4. The van der Waals surface area contributed by atoms with Crippen LogP contribution in [0.1, 0.15) is 136 Å². The topological polar surface area (TPSA) is 222 Å². The van der Waals surface area contributed by atoms with Gasteiger partial charge in [0, 0.05) is 62.5 Å². The number of hydrogen-bond acceptors (Lipinski definition) is 10. The predicted molar refractivity (Wildman–Crippen MR) is 333 cm³/mol. The molecule has 88 heavy (non-hydrogen) atoms. The fourth-order valence-electron chi connectivity index (χ4n) is 12.8. The van der Waals surface area contributed by atoms with Gasteiger partial charge in [-0.25, -0.2) is 8.78 Å². The molecule has 2 saturated carbocycles. The van der Waals surface area contributed by atoms with Gasteiger partial charge in [-0.05, 0) is 175 Å². The van der Waals surface area contributed by atoms with E-state index >= 15 is 0 Å². The summed E-state index contributed by atoms with van der Waals surface area (Å²) in [6, 6.07) is 22.9. The lowest BCUT2D eigenvalue weighted by atomic mass is 9.83. The lowest BCUT2D eigenvalue weighted by Crippen LogP contribution is -2.57. The number of hydrogen-bond donors (Lipinski definition) is 6. The van der Waals surface area contributed by atoms with Crippen molar-refractivity contribution in [3.63, 3.8) is 0 Å². The molecule has 6 atom stereocenters. The summed E-state index contributed by atoms with van der Waals surface area (Å²) < 4.78 is 27.7. The van der Waals surface area contributed by atoms with Gasteiger partial charge in [0.05, 0.1) is 25.2 Å². The van der Waals surface area contributed by atoms with Gasteiger partial charge >= 0.3 is 0 Å². The zero-order valence-electron chi connectivity index (χ0n) is 51.6. The lowest BCUT2D eigenvalue weighted by molar-refractivity contribution is -0.141. The summed E-state index contributed by atoms with van der Waals surface area (Å²) in [5.74, 6) is -3.09. The number of likely N-dealkylation sites (tertiary alicyclic amines) is 2. The molecule has 20 heteroatoms. The van der Waals surface area contributed by atoms with Crippen LogP contribution < -0.4 is 31.9 Å². The molecular weight excluding hydrogens is 1120 g/mol. The van der Waals surface area contributed by atoms with Crippen molar-refractivity contribution in [1.29, 1.82) is 0 Å². The monoisotopic (exact) mass is 1210 g/mol. The van der Waals surface area contributed by atoms with Crippen molar-refractivity contribution in [2.45, 2.75) is 153 Å². The first-order valence-corrected chi connectivity index (χ1v) is 31.9. The standard InChI is InChI=1S/C68H90F2N10O8/c1-45(71-3)63(83)75-61(51-13-7-5-8-14-51)67(87)79-37-11-17-57(79)43-77(39-35-47-19-31-55(69)32-20-47)59(81)41-73-65(85)53-27-23-49(24-28-53)50-25-29-54(30-26-50)66(86)74-42-60(82)78(40-36-48-21-33-56(70)34-22-48)44-58-18-12-38-80(58)68(88)62(52-15-9-6-10-16-52)76-64(84)46(2)72-4/h19-34,45-46,51-52,57-58,61-62,71-72H,5-18,35-44H2,1-4H3,(H,73,85)(H,74,86)(H,75,83)(H,76,84)/t45-,46-,57-,58-,61-,62-/m0/s1. The van der Waals surface area contributed by atoms with Gasteiger partial charge in [-0.1, -0.05) is 87.1 Å². The van der Waals surface area contributed by atoms with E-state index in [1.807, 2.05) is 9.80 Å². The molecule has 8 amide bonds. The fraction of sp³-hybridized carbons (Fsp3) is 0.529. The van der Waals surface area contributed by atoms with Crippen molar-refractivity contribution >= 4 is 47.3 Å². The Bertz CT molecular complexity index is 2790. The van der Waals surface area contributed by atoms with Crippen LogP contribution in [-0.2, 0) is 41.6 Å². The van der Waals surface area contributed by atoms with Crippen LogP contribution in [0.15, 0.2) is 97.1 Å². The first kappa shape index (κ1) is 66.4. The van der Waals surface area contributed by atoms with Gasteiger partial charge in [-0.3, -0.25) is 38.4 Å². The Morgan fingerprint density at radius 3 is 1.17 bits per heavy atom. The van der Waals surface area contributed by atoms with Crippen LogP contribution in [0, 0.1) is 23.5 Å². The van der Waals surface area contributed by atoms with E-state index < -0.39 is 36.0 Å². The van der Waals surface area contributed by atoms with Crippen LogP contribution in [0.2, 0.25) is 0 Å². The minimum absolute atomic E-state index is 0.0100. The largest absolute Gasteiger partial charge is 0.343 e. The summed E-state index contributed by atoms with van der Waals surface area (Å²) >= 11 is 0. The molecule has 0 bridgehead atoms. The van der Waals surface area contributed by atoms with Crippen molar-refractivity contribution < 1.29 is 47.1 Å². The molecular formula is C68H90F2N10O8. The predicted octanol–water partition coefficient (Wildman–Crippen LogP) is 6.56. The highest BCUT2D eigenvalue weighted by molar-refractivity contribution is 5.98. The number of carbonyl (C=O) groups is 8. The highest BCUT2D eigenvalue weighted by atomic mass is 19.1. The summed E-state index contributed by atoms with van der Waals surface area (Å²) in [7, 11) is 3.41. The molecule has 0 radical (unpaired) electrons. The second kappa shape index (κ2) is 32.6. The molecule has 4 fully saturated rings. The number of halogens is 2. The molecule has 6 N–H and O–H groups in total. The molecule has 2 aliphatic carbocycles. The number of nitrogens with zero attached hydrogens (tertiary/aromatic N) is 4. The van der Waals surface area contributed by atoms with Gasteiger partial charge in [-0.15, -0.1) is 0 Å². The van der Waals surface area contributed by atoms with Crippen molar-refractivity contribution in [3.05, 3.63) is 131 Å². The van der Waals surface area contributed by atoms with Crippen molar-refractivity contribution in [2.24, 2.45) is 11.8 Å². The van der Waals surface area contributed by atoms with Gasteiger partial charge in [-0.2, -0.15) is 0 Å². The third-order valence-electron chi connectivity index (χ3n) is 18.5. The zero-order chi connectivity index (χ0) is 62.7. The molecule has 18 nitrogen and oxygen atoms in total. The Balaban J connectivity index is 0.872. The average Bonchev–Trinajstić information content (AvgIpc) is 3.65. The number of carbonyl (C=O) groups excluding carboxylic acids is 8. The van der Waals surface area contributed by atoms with Gasteiger partial charge in [0.1, 0.15) is 23.7 Å². The number of amides is 8. The van der Waals surface area contributed by atoms with Crippen molar-refractivity contribution in [1.82, 2.24) is 51.5 Å². The summed E-state index contributed by atoms with van der Waals surface area (Å²) in [6.07, 6.45) is 13.1. The second-order valence-corrected chi connectivity index (χ2v) is 24.4. The highest BCUT2D eigenvalue weighted by Crippen LogP contribution is 2.32. The normalized spacial score (nSPS) is 18.6. The van der Waals surface area contributed by atoms with Gasteiger partial charge < -0.3 is 51.5 Å². The maximum Gasteiger partial charge on any atom is 0.251 e. The maximum absolute atomic E-state index is 14.5. The quantitative estimate of drug-likeness (QED) is 0.0378. The summed E-state index contributed by atoms with van der Waals surface area (Å²) in [5.41, 5.74) is 3.81. The average molecular weight is 1210 g/mol. The molecule has 2 heterocycles. The van der Waals surface area contributed by atoms with E-state index in [1.54, 1.807) is 111 Å². The van der Waals surface area contributed by atoms with E-state index in [4.69, 9.17) is 0 Å². The van der Waals surface area contributed by atoms with E-state index in [1.165, 1.54) is 24.3 Å². The van der Waals surface area contributed by atoms with Gasteiger partial charge in [0.2, 0.25) is 35.4 Å². The molecule has 0 unspecified atom stereocenters. The smallest absolute Gasteiger partial charge is 0.251 e. The SMILES string of the molecule is CN[C@@H](C)C(=O)N[C@H](C(=O)N1CCC[C@H]1CN(CCc1ccc(F)cc1)C(=O)CNC(=O)c1ccc(-c2ccc(C(=O)NCC(=O)N(CCc3ccc(F)cc3)C[C@@H]3CCCN3C(=O)[C@@H](NC(=O)[C@H](C)NC)C3CCCCC3)cc2)cc1)C1CCCCC1. The molecule has 2 aliphatic heterocycles. The first-order chi connectivity index (χ1) is 42.5. The molecule has 0 aromatic heterocycles. The number of likely N-dealkylation sites (N-methyl/N-ethyl adjacent to an activating group) is 2. The number of rotatable bonds is 27. The zero-order valence-corrected chi connectivity index (χ0v) is 51.6. The lowest BCUT2D eigenvalue weighted by Gasteiger charge is -2.37. The Morgan fingerprint density at radius 1 is 0.477 bits per heavy atom. The minimum Gasteiger partial charge on any atom is -0.343 e. The minimum atomic E-state index is -0.679. The molecule has 474 valence electrons. The third-order valence-corrected chi connectivity index (χ3v) is 18.5. The van der Waals surface area contributed by atoms with Gasteiger partial charge in [0.15, 0.2) is 0 Å². The molecule has 8 rings (SSSR count). The molecule has 4 aromatic carbocycles. The van der Waals surface area contributed by atoms with E-state index in [2.05, 4.69) is 31.9 Å². The maximum atomic E-state index is 14.5. The molecule has 4 aromatic rings. The Hall–Kier alpha value is -7.58. The number of nitrogens with one attached hydrogen (secondary N) is 6. The summed E-state index contributed by atoms with van der Waals surface area (Å²) in [6.45, 7) is 4.86. The van der Waals surface area contributed by atoms with E-state index in [0.29, 0.717) is 49.9 Å². The van der Waals surface area contributed by atoms with E-state index in [9.17, 15) is 47.1 Å². The van der Waals surface area contributed by atoms with Gasteiger partial charge in [0.25, 0.3) is 11.8 Å². The van der Waals surface area contributed by atoms with E-state index in [-0.39, 0.29) is 110 Å². The van der Waals surface area contributed by atoms with Crippen LogP contribution in [0.3, 0.4) is 0 Å². The highest BCUT2D eigenvalue weighted by Gasteiger charge is 2.42. The van der Waals surface area contributed by atoms with Crippen LogP contribution in [0.5, 0.6) is 0 Å². The van der Waals surface area contributed by atoms with Crippen LogP contribution >= 0.6 is 0 Å². The molecule has 0 spiro atoms. The van der Waals surface area contributed by atoms with Crippen molar-refractivity contribution in [2.75, 3.05) is 66.5 Å². The summed E-state index contributed by atoms with van der Waals surface area (Å²) in [5, 5.41) is 17.7. The van der Waals surface area contributed by atoms with Crippen LogP contribution in [0.4, 0.5) is 8.78 Å².